The van der Waals surface area contributed by atoms with Crippen LogP contribution in [-0.2, 0) is 0 Å². The topological polar surface area (TPSA) is 30.0 Å². The van der Waals surface area contributed by atoms with Gasteiger partial charge in [0.15, 0.2) is 5.78 Å². The van der Waals surface area contributed by atoms with Crippen LogP contribution in [0, 0.1) is 5.41 Å². The molecule has 2 aromatic heterocycles. The van der Waals surface area contributed by atoms with Gasteiger partial charge in [-0.15, -0.1) is 11.3 Å². The molecule has 0 spiro atoms. The van der Waals surface area contributed by atoms with Gasteiger partial charge in [0.05, 0.1) is 4.88 Å². The molecule has 3 aromatic rings. The molecule has 2 heterocycles. The molecule has 1 aliphatic rings. The Hall–Kier alpha value is -1.97. The predicted molar refractivity (Wildman–Crippen MR) is 99.0 cm³/mol. The molecule has 0 aliphatic heterocycles. The molecule has 0 amide bonds. The number of carbonyl (C=O) groups is 1. The van der Waals surface area contributed by atoms with Gasteiger partial charge in [0.2, 0.25) is 0 Å². The van der Waals surface area contributed by atoms with Crippen LogP contribution in [-0.4, -0.2) is 10.8 Å². The summed E-state index contributed by atoms with van der Waals surface area (Å²) in [5.41, 5.74) is 2.93. The number of aromatic nitrogens is 1. The minimum Gasteiger partial charge on any atom is -0.293 e. The molecule has 0 radical (unpaired) electrons. The molecule has 0 saturated carbocycles. The fraction of sp³-hybridized carbons (Fsp3) is 0.200. The molecule has 0 fully saturated rings. The first-order chi connectivity index (χ1) is 11.5. The van der Waals surface area contributed by atoms with Gasteiger partial charge in [-0.1, -0.05) is 37.6 Å². The number of hydrogen-bond acceptors (Lipinski definition) is 3. The van der Waals surface area contributed by atoms with Gasteiger partial charge in [0.25, 0.3) is 0 Å². The molecule has 1 aliphatic carbocycles. The molecule has 2 nitrogen and oxygen atoms in total. The Bertz CT molecular complexity index is 913. The van der Waals surface area contributed by atoms with Crippen LogP contribution in [0.15, 0.2) is 54.9 Å². The normalized spacial score (nSPS) is 18.6. The van der Waals surface area contributed by atoms with Gasteiger partial charge in [0, 0.05) is 33.6 Å². The van der Waals surface area contributed by atoms with Crippen LogP contribution in [0.4, 0.5) is 0 Å². The maximum absolute atomic E-state index is 13.0. The monoisotopic (exact) mass is 353 g/mol. The fourth-order valence-electron chi connectivity index (χ4n) is 3.52. The van der Waals surface area contributed by atoms with Crippen LogP contribution in [0.3, 0.4) is 0 Å². The van der Waals surface area contributed by atoms with E-state index in [0.29, 0.717) is 5.02 Å². The average molecular weight is 354 g/mol. The van der Waals surface area contributed by atoms with E-state index in [1.807, 2.05) is 50.2 Å². The summed E-state index contributed by atoms with van der Waals surface area (Å²) >= 11 is 7.62. The molecular formula is C20H16ClNOS. The summed E-state index contributed by atoms with van der Waals surface area (Å²) in [4.78, 5) is 19.1. The Kier molecular flexibility index (Phi) is 3.59. The van der Waals surface area contributed by atoms with Crippen molar-refractivity contribution in [2.45, 2.75) is 19.8 Å². The number of rotatable bonds is 2. The van der Waals surface area contributed by atoms with Crippen molar-refractivity contribution in [2.24, 2.45) is 5.41 Å². The lowest BCUT2D eigenvalue weighted by atomic mass is 9.75. The highest BCUT2D eigenvalue weighted by molar-refractivity contribution is 7.17. The van der Waals surface area contributed by atoms with E-state index in [2.05, 4.69) is 11.1 Å². The van der Waals surface area contributed by atoms with Gasteiger partial charge >= 0.3 is 0 Å². The summed E-state index contributed by atoms with van der Waals surface area (Å²) in [7, 11) is 0. The third kappa shape index (κ3) is 2.31. The largest absolute Gasteiger partial charge is 0.293 e. The SMILES string of the molecule is CC1(C)C(=O)c2sc(-c3ccncc3)cc2C1c1ccc(Cl)cc1. The molecule has 24 heavy (non-hydrogen) atoms. The number of nitrogens with zero attached hydrogens (tertiary/aromatic N) is 1. The summed E-state index contributed by atoms with van der Waals surface area (Å²) in [6, 6.07) is 14.0. The average Bonchev–Trinajstić information content (AvgIpc) is 3.07. The third-order valence-corrected chi connectivity index (χ3v) is 6.20. The van der Waals surface area contributed by atoms with E-state index in [1.165, 1.54) is 0 Å². The van der Waals surface area contributed by atoms with Gasteiger partial charge in [-0.3, -0.25) is 9.78 Å². The highest BCUT2D eigenvalue weighted by atomic mass is 35.5. The first kappa shape index (κ1) is 15.6. The van der Waals surface area contributed by atoms with E-state index < -0.39 is 5.41 Å². The molecule has 0 saturated heterocycles. The van der Waals surface area contributed by atoms with Crippen LogP contribution in [0.25, 0.3) is 10.4 Å². The van der Waals surface area contributed by atoms with E-state index in [-0.39, 0.29) is 11.7 Å². The molecule has 4 heteroatoms. The minimum absolute atomic E-state index is 0.0594. The van der Waals surface area contributed by atoms with Gasteiger partial charge in [-0.2, -0.15) is 0 Å². The molecule has 1 unspecified atom stereocenters. The number of fused-ring (bicyclic) bond motifs is 1. The Morgan fingerprint density at radius 1 is 1.08 bits per heavy atom. The number of Topliss-reactive ketones (excluding diaryl/α,β-unsaturated/α-hetero) is 1. The van der Waals surface area contributed by atoms with E-state index in [1.54, 1.807) is 23.7 Å². The molecule has 4 rings (SSSR count). The van der Waals surface area contributed by atoms with E-state index in [9.17, 15) is 4.79 Å². The lowest BCUT2D eigenvalue weighted by molar-refractivity contribution is 0.0850. The van der Waals surface area contributed by atoms with Crippen molar-refractivity contribution in [2.75, 3.05) is 0 Å². The molecular weight excluding hydrogens is 338 g/mol. The number of ketones is 1. The lowest BCUT2D eigenvalue weighted by Gasteiger charge is -2.26. The Morgan fingerprint density at radius 2 is 1.75 bits per heavy atom. The number of pyridine rings is 1. The van der Waals surface area contributed by atoms with Crippen molar-refractivity contribution < 1.29 is 4.79 Å². The Morgan fingerprint density at radius 3 is 2.42 bits per heavy atom. The van der Waals surface area contributed by atoms with Crippen molar-refractivity contribution in [1.82, 2.24) is 4.98 Å². The van der Waals surface area contributed by atoms with E-state index >= 15 is 0 Å². The standard InChI is InChI=1S/C20H16ClNOS/c1-20(2)17(13-3-5-14(21)6-4-13)15-11-16(24-18(15)19(20)23)12-7-9-22-10-8-12/h3-11,17H,1-2H3. The number of carbonyl (C=O) groups excluding carboxylic acids is 1. The van der Waals surface area contributed by atoms with Gasteiger partial charge < -0.3 is 0 Å². The zero-order valence-electron chi connectivity index (χ0n) is 13.4. The van der Waals surface area contributed by atoms with Gasteiger partial charge in [-0.25, -0.2) is 0 Å². The van der Waals surface area contributed by atoms with Gasteiger partial charge in [-0.05, 0) is 47.0 Å². The maximum Gasteiger partial charge on any atom is 0.179 e. The second-order valence-electron chi connectivity index (χ2n) is 6.67. The summed E-state index contributed by atoms with van der Waals surface area (Å²) < 4.78 is 0. The van der Waals surface area contributed by atoms with Crippen LogP contribution in [0.2, 0.25) is 5.02 Å². The third-order valence-electron chi connectivity index (χ3n) is 4.75. The number of hydrogen-bond donors (Lipinski definition) is 0. The molecule has 120 valence electrons. The molecule has 0 bridgehead atoms. The number of thiophene rings is 1. The summed E-state index contributed by atoms with van der Waals surface area (Å²) in [6.07, 6.45) is 3.56. The van der Waals surface area contributed by atoms with Crippen molar-refractivity contribution in [3.8, 4) is 10.4 Å². The molecule has 1 aromatic carbocycles. The van der Waals surface area contributed by atoms with Crippen molar-refractivity contribution in [3.63, 3.8) is 0 Å². The second-order valence-corrected chi connectivity index (χ2v) is 8.16. The van der Waals surface area contributed by atoms with Crippen molar-refractivity contribution >= 4 is 28.7 Å². The fourth-order valence-corrected chi connectivity index (χ4v) is 4.96. The van der Waals surface area contributed by atoms with E-state index in [0.717, 1.165) is 26.4 Å². The quantitative estimate of drug-likeness (QED) is 0.581. The van der Waals surface area contributed by atoms with Crippen molar-refractivity contribution in [1.29, 1.82) is 0 Å². The maximum atomic E-state index is 13.0. The van der Waals surface area contributed by atoms with Crippen LogP contribution in [0.1, 0.15) is 40.6 Å². The molecule has 1 atom stereocenters. The highest BCUT2D eigenvalue weighted by Crippen LogP contribution is 2.54. The van der Waals surface area contributed by atoms with Crippen LogP contribution >= 0.6 is 22.9 Å². The van der Waals surface area contributed by atoms with E-state index in [4.69, 9.17) is 11.6 Å². The van der Waals surface area contributed by atoms with Gasteiger partial charge in [0.1, 0.15) is 0 Å². The Balaban J connectivity index is 1.86. The van der Waals surface area contributed by atoms with Crippen molar-refractivity contribution in [3.05, 3.63) is 75.9 Å². The zero-order chi connectivity index (χ0) is 16.9. The highest BCUT2D eigenvalue weighted by Gasteiger charge is 2.48. The molecule has 0 N–H and O–H groups in total. The number of halogens is 1. The lowest BCUT2D eigenvalue weighted by Crippen LogP contribution is -2.24. The summed E-state index contributed by atoms with van der Waals surface area (Å²) in [6.45, 7) is 4.07. The zero-order valence-corrected chi connectivity index (χ0v) is 15.0. The second kappa shape index (κ2) is 5.54. The smallest absolute Gasteiger partial charge is 0.179 e. The van der Waals surface area contributed by atoms with Crippen LogP contribution < -0.4 is 0 Å². The van der Waals surface area contributed by atoms with Crippen LogP contribution in [0.5, 0.6) is 0 Å². The first-order valence-electron chi connectivity index (χ1n) is 7.83. The predicted octanol–water partition coefficient (Wildman–Crippen LogP) is 5.82. The summed E-state index contributed by atoms with van der Waals surface area (Å²) in [5, 5.41) is 0.712. The Labute approximate surface area is 150 Å². The summed E-state index contributed by atoms with van der Waals surface area (Å²) in [5.74, 6) is 0.284. The minimum atomic E-state index is -0.439. The number of benzene rings is 1. The first-order valence-corrected chi connectivity index (χ1v) is 9.02.